The summed E-state index contributed by atoms with van der Waals surface area (Å²) in [7, 11) is 0. The summed E-state index contributed by atoms with van der Waals surface area (Å²) in [5.41, 5.74) is 9.84. The number of nitrogens with zero attached hydrogens (tertiary/aromatic N) is 1. The van der Waals surface area contributed by atoms with Gasteiger partial charge in [0.2, 0.25) is 0 Å². The summed E-state index contributed by atoms with van der Waals surface area (Å²) < 4.78 is 0. The van der Waals surface area contributed by atoms with E-state index in [1.165, 1.54) is 43.1 Å². The van der Waals surface area contributed by atoms with Gasteiger partial charge in [0, 0.05) is 11.4 Å². The highest BCUT2D eigenvalue weighted by molar-refractivity contribution is 5.82. The van der Waals surface area contributed by atoms with Crippen molar-refractivity contribution in [1.29, 1.82) is 0 Å². The quantitative estimate of drug-likeness (QED) is 0.889. The Labute approximate surface area is 121 Å². The van der Waals surface area contributed by atoms with E-state index in [4.69, 9.17) is 10.7 Å². The first-order chi connectivity index (χ1) is 9.74. The van der Waals surface area contributed by atoms with Crippen molar-refractivity contribution in [3.05, 3.63) is 41.6 Å². The fourth-order valence-electron chi connectivity index (χ4n) is 3.47. The van der Waals surface area contributed by atoms with Crippen molar-refractivity contribution in [3.63, 3.8) is 0 Å². The van der Waals surface area contributed by atoms with Crippen molar-refractivity contribution in [2.24, 2.45) is 11.7 Å². The molecule has 1 unspecified atom stereocenters. The van der Waals surface area contributed by atoms with Crippen LogP contribution in [0.25, 0.3) is 10.9 Å². The molecule has 2 heteroatoms. The molecule has 1 fully saturated rings. The number of hydrogen-bond donors (Lipinski definition) is 1. The Hall–Kier alpha value is -1.41. The molecule has 2 nitrogen and oxygen atoms in total. The van der Waals surface area contributed by atoms with Gasteiger partial charge in [-0.1, -0.05) is 50.3 Å². The predicted octanol–water partition coefficient (Wildman–Crippen LogP) is 4.51. The van der Waals surface area contributed by atoms with Gasteiger partial charge < -0.3 is 5.73 Å². The van der Waals surface area contributed by atoms with Crippen LogP contribution < -0.4 is 5.73 Å². The highest BCUT2D eigenvalue weighted by Crippen LogP contribution is 2.31. The van der Waals surface area contributed by atoms with Gasteiger partial charge in [-0.05, 0) is 37.0 Å². The lowest BCUT2D eigenvalue weighted by molar-refractivity contribution is 0.317. The average molecular weight is 268 g/mol. The smallest absolute Gasteiger partial charge is 0.0708 e. The molecule has 3 rings (SSSR count). The van der Waals surface area contributed by atoms with Crippen LogP contribution in [0.1, 0.15) is 55.8 Å². The van der Waals surface area contributed by atoms with Gasteiger partial charge in [0.05, 0.1) is 11.2 Å². The second kappa shape index (κ2) is 5.92. The number of rotatable bonds is 3. The molecule has 0 spiro atoms. The Morgan fingerprint density at radius 3 is 2.75 bits per heavy atom. The zero-order valence-corrected chi connectivity index (χ0v) is 12.3. The van der Waals surface area contributed by atoms with Crippen LogP contribution >= 0.6 is 0 Å². The highest BCUT2D eigenvalue weighted by atomic mass is 14.8. The number of hydrogen-bond acceptors (Lipinski definition) is 2. The summed E-state index contributed by atoms with van der Waals surface area (Å²) in [6.07, 6.45) is 7.94. The van der Waals surface area contributed by atoms with E-state index in [2.05, 4.69) is 31.2 Å². The molecular formula is C18H24N2. The number of aryl methyl sites for hydroxylation is 1. The zero-order chi connectivity index (χ0) is 13.9. The van der Waals surface area contributed by atoms with Gasteiger partial charge in [-0.25, -0.2) is 0 Å². The number of benzene rings is 1. The summed E-state index contributed by atoms with van der Waals surface area (Å²) in [5, 5.41) is 1.24. The maximum Gasteiger partial charge on any atom is 0.0708 e. The molecule has 0 bridgehead atoms. The van der Waals surface area contributed by atoms with Crippen LogP contribution in [-0.2, 0) is 0 Å². The topological polar surface area (TPSA) is 38.9 Å². The Kier molecular flexibility index (Phi) is 4.02. The molecule has 0 radical (unpaired) electrons. The average Bonchev–Trinajstić information content (AvgIpc) is 2.48. The molecule has 0 amide bonds. The molecule has 0 saturated heterocycles. The summed E-state index contributed by atoms with van der Waals surface area (Å²) >= 11 is 0. The zero-order valence-electron chi connectivity index (χ0n) is 12.3. The molecule has 106 valence electrons. The summed E-state index contributed by atoms with van der Waals surface area (Å²) in [4.78, 5) is 4.78. The number of pyridine rings is 1. The van der Waals surface area contributed by atoms with Crippen molar-refractivity contribution in [2.45, 2.75) is 51.5 Å². The molecule has 1 heterocycles. The van der Waals surface area contributed by atoms with E-state index in [0.717, 1.165) is 23.5 Å². The van der Waals surface area contributed by atoms with Crippen LogP contribution in [0.15, 0.2) is 30.3 Å². The molecule has 1 aliphatic rings. The van der Waals surface area contributed by atoms with Gasteiger partial charge >= 0.3 is 0 Å². The van der Waals surface area contributed by atoms with Crippen molar-refractivity contribution in [3.8, 4) is 0 Å². The molecule has 20 heavy (non-hydrogen) atoms. The molecule has 1 atom stereocenters. The van der Waals surface area contributed by atoms with Crippen LogP contribution in [0, 0.1) is 12.8 Å². The number of nitrogens with two attached hydrogens (primary N) is 1. The summed E-state index contributed by atoms with van der Waals surface area (Å²) in [6.45, 7) is 2.15. The molecule has 1 aromatic heterocycles. The molecular weight excluding hydrogens is 244 g/mol. The molecule has 1 aromatic carbocycles. The molecule has 1 saturated carbocycles. The fraction of sp³-hybridized carbons (Fsp3) is 0.500. The van der Waals surface area contributed by atoms with E-state index in [-0.39, 0.29) is 6.04 Å². The summed E-state index contributed by atoms with van der Waals surface area (Å²) in [6, 6.07) is 10.6. The van der Waals surface area contributed by atoms with E-state index in [1.807, 2.05) is 6.07 Å². The van der Waals surface area contributed by atoms with Crippen molar-refractivity contribution >= 4 is 10.9 Å². The Morgan fingerprint density at radius 1 is 1.20 bits per heavy atom. The minimum Gasteiger partial charge on any atom is -0.323 e. The molecule has 0 aliphatic heterocycles. The lowest BCUT2D eigenvalue weighted by Crippen LogP contribution is -2.18. The fourth-order valence-corrected chi connectivity index (χ4v) is 3.47. The second-order valence-electron chi connectivity index (χ2n) is 6.23. The van der Waals surface area contributed by atoms with Crippen LogP contribution in [0.5, 0.6) is 0 Å². The summed E-state index contributed by atoms with van der Waals surface area (Å²) in [5.74, 6) is 0.798. The van der Waals surface area contributed by atoms with Crippen LogP contribution in [0.2, 0.25) is 0 Å². The third-order valence-electron chi connectivity index (χ3n) is 4.63. The largest absolute Gasteiger partial charge is 0.323 e. The second-order valence-corrected chi connectivity index (χ2v) is 6.23. The minimum atomic E-state index is 0.0846. The first-order valence-electron chi connectivity index (χ1n) is 7.86. The Balaban J connectivity index is 1.81. The maximum absolute atomic E-state index is 6.42. The van der Waals surface area contributed by atoms with Crippen LogP contribution in [-0.4, -0.2) is 4.98 Å². The van der Waals surface area contributed by atoms with E-state index < -0.39 is 0 Å². The van der Waals surface area contributed by atoms with Crippen molar-refractivity contribution in [1.82, 2.24) is 4.98 Å². The Bertz CT molecular complexity index is 585. The SMILES string of the molecule is Cc1cc(C(N)CC2CCCCC2)nc2ccccc12. The maximum atomic E-state index is 6.42. The third-order valence-corrected chi connectivity index (χ3v) is 4.63. The minimum absolute atomic E-state index is 0.0846. The number of fused-ring (bicyclic) bond motifs is 1. The molecule has 1 aliphatic carbocycles. The monoisotopic (exact) mass is 268 g/mol. The van der Waals surface area contributed by atoms with E-state index in [1.54, 1.807) is 0 Å². The third kappa shape index (κ3) is 2.85. The highest BCUT2D eigenvalue weighted by Gasteiger charge is 2.19. The first-order valence-corrected chi connectivity index (χ1v) is 7.86. The normalized spacial score (nSPS) is 18.3. The number of para-hydroxylation sites is 1. The van der Waals surface area contributed by atoms with Gasteiger partial charge in [-0.15, -0.1) is 0 Å². The van der Waals surface area contributed by atoms with Crippen molar-refractivity contribution in [2.75, 3.05) is 0 Å². The Morgan fingerprint density at radius 2 is 1.95 bits per heavy atom. The van der Waals surface area contributed by atoms with E-state index in [0.29, 0.717) is 0 Å². The lowest BCUT2D eigenvalue weighted by Gasteiger charge is -2.24. The van der Waals surface area contributed by atoms with Crippen LogP contribution in [0.3, 0.4) is 0 Å². The standard InChI is InChI=1S/C18H24N2/c1-13-11-18(20-17-10-6-5-9-15(13)17)16(19)12-14-7-3-2-4-8-14/h5-6,9-11,14,16H,2-4,7-8,12,19H2,1H3. The number of aromatic nitrogens is 1. The molecule has 2 aromatic rings. The van der Waals surface area contributed by atoms with Gasteiger partial charge in [-0.3, -0.25) is 4.98 Å². The van der Waals surface area contributed by atoms with Gasteiger partial charge in [0.1, 0.15) is 0 Å². The van der Waals surface area contributed by atoms with Gasteiger partial charge in [0.15, 0.2) is 0 Å². The molecule has 2 N–H and O–H groups in total. The first kappa shape index (κ1) is 13.6. The predicted molar refractivity (Wildman–Crippen MR) is 84.6 cm³/mol. The van der Waals surface area contributed by atoms with Crippen LogP contribution in [0.4, 0.5) is 0 Å². The van der Waals surface area contributed by atoms with Crippen molar-refractivity contribution < 1.29 is 0 Å². The van der Waals surface area contributed by atoms with Gasteiger partial charge in [0.25, 0.3) is 0 Å². The lowest BCUT2D eigenvalue weighted by atomic mass is 9.84. The van der Waals surface area contributed by atoms with E-state index in [9.17, 15) is 0 Å². The van der Waals surface area contributed by atoms with Gasteiger partial charge in [-0.2, -0.15) is 0 Å². The van der Waals surface area contributed by atoms with E-state index >= 15 is 0 Å².